The Balaban J connectivity index is 1.94. The third-order valence-corrected chi connectivity index (χ3v) is 4.65. The topological polar surface area (TPSA) is 61.4 Å². The van der Waals surface area contributed by atoms with Crippen molar-refractivity contribution in [3.8, 4) is 0 Å². The molecule has 2 rings (SSSR count). The van der Waals surface area contributed by atoms with Gasteiger partial charge < -0.3 is 15.5 Å². The lowest BCUT2D eigenvalue weighted by Crippen LogP contribution is -2.50. The standard InChI is InChI=1S/C18H26ClN3O2/c1-3-4-10-20-17(23)14-9-8-13(2)22(12-14)18(24)21-16-7-5-6-15(19)11-16/h5-7,11,13-14H,3-4,8-10,12H2,1-2H3,(H,20,23)(H,21,24). The Labute approximate surface area is 148 Å². The first-order valence-corrected chi connectivity index (χ1v) is 9.00. The molecule has 3 amide bonds. The number of anilines is 1. The summed E-state index contributed by atoms with van der Waals surface area (Å²) in [6.45, 7) is 5.26. The van der Waals surface area contributed by atoms with Crippen LogP contribution in [-0.2, 0) is 4.79 Å². The second-order valence-electron chi connectivity index (χ2n) is 6.36. The molecule has 1 fully saturated rings. The van der Waals surface area contributed by atoms with E-state index in [2.05, 4.69) is 17.6 Å². The molecule has 6 heteroatoms. The molecule has 0 bridgehead atoms. The number of halogens is 1. The molecule has 0 radical (unpaired) electrons. The molecule has 0 saturated carbocycles. The number of hydrogen-bond acceptors (Lipinski definition) is 2. The molecule has 1 heterocycles. The normalized spacial score (nSPS) is 20.5. The van der Waals surface area contributed by atoms with Gasteiger partial charge in [-0.3, -0.25) is 4.79 Å². The van der Waals surface area contributed by atoms with Crippen molar-refractivity contribution in [2.75, 3.05) is 18.4 Å². The minimum Gasteiger partial charge on any atom is -0.356 e. The highest BCUT2D eigenvalue weighted by molar-refractivity contribution is 6.30. The summed E-state index contributed by atoms with van der Waals surface area (Å²) in [7, 11) is 0. The van der Waals surface area contributed by atoms with Crippen LogP contribution in [0.1, 0.15) is 39.5 Å². The molecule has 0 aliphatic carbocycles. The molecule has 0 aromatic heterocycles. The zero-order valence-electron chi connectivity index (χ0n) is 14.3. The summed E-state index contributed by atoms with van der Waals surface area (Å²) < 4.78 is 0. The zero-order valence-corrected chi connectivity index (χ0v) is 15.1. The number of likely N-dealkylation sites (tertiary alicyclic amines) is 1. The number of nitrogens with one attached hydrogen (secondary N) is 2. The van der Waals surface area contributed by atoms with Crippen molar-refractivity contribution in [3.63, 3.8) is 0 Å². The summed E-state index contributed by atoms with van der Waals surface area (Å²) in [4.78, 5) is 26.6. The molecule has 2 N–H and O–H groups in total. The van der Waals surface area contributed by atoms with Gasteiger partial charge in [-0.25, -0.2) is 4.79 Å². The molecule has 5 nitrogen and oxygen atoms in total. The van der Waals surface area contributed by atoms with Gasteiger partial charge in [-0.05, 0) is 44.4 Å². The van der Waals surface area contributed by atoms with Crippen molar-refractivity contribution in [1.29, 1.82) is 0 Å². The van der Waals surface area contributed by atoms with Gasteiger partial charge in [-0.2, -0.15) is 0 Å². The van der Waals surface area contributed by atoms with Gasteiger partial charge in [0.15, 0.2) is 0 Å². The fraction of sp³-hybridized carbons (Fsp3) is 0.556. The number of rotatable bonds is 5. The number of benzene rings is 1. The fourth-order valence-electron chi connectivity index (χ4n) is 2.90. The van der Waals surface area contributed by atoms with Crippen LogP contribution in [0.3, 0.4) is 0 Å². The summed E-state index contributed by atoms with van der Waals surface area (Å²) in [5.74, 6) is -0.0842. The quantitative estimate of drug-likeness (QED) is 0.790. The minimum atomic E-state index is -0.184. The van der Waals surface area contributed by atoms with Crippen LogP contribution in [0.25, 0.3) is 0 Å². The average molecular weight is 352 g/mol. The van der Waals surface area contributed by atoms with Crippen molar-refractivity contribution in [2.45, 2.75) is 45.6 Å². The molecular weight excluding hydrogens is 326 g/mol. The first kappa shape index (κ1) is 18.6. The Morgan fingerprint density at radius 3 is 2.83 bits per heavy atom. The molecule has 1 aromatic rings. The summed E-state index contributed by atoms with van der Waals surface area (Å²) >= 11 is 5.95. The number of piperidine rings is 1. The average Bonchev–Trinajstić information content (AvgIpc) is 2.55. The highest BCUT2D eigenvalue weighted by atomic mass is 35.5. The van der Waals surface area contributed by atoms with E-state index in [0.29, 0.717) is 23.8 Å². The van der Waals surface area contributed by atoms with E-state index in [0.717, 1.165) is 25.7 Å². The van der Waals surface area contributed by atoms with Crippen molar-refractivity contribution < 1.29 is 9.59 Å². The second kappa shape index (κ2) is 8.92. The van der Waals surface area contributed by atoms with Gasteiger partial charge in [-0.15, -0.1) is 0 Å². The van der Waals surface area contributed by atoms with E-state index in [1.807, 2.05) is 6.92 Å². The van der Waals surface area contributed by atoms with Crippen LogP contribution in [-0.4, -0.2) is 36.0 Å². The largest absolute Gasteiger partial charge is 0.356 e. The van der Waals surface area contributed by atoms with Crippen LogP contribution in [0.4, 0.5) is 10.5 Å². The first-order valence-electron chi connectivity index (χ1n) is 8.62. The van der Waals surface area contributed by atoms with E-state index >= 15 is 0 Å². The third kappa shape index (κ3) is 5.13. The zero-order chi connectivity index (χ0) is 17.5. The van der Waals surface area contributed by atoms with Gasteiger partial charge in [-0.1, -0.05) is 31.0 Å². The van der Waals surface area contributed by atoms with E-state index in [1.165, 1.54) is 0 Å². The van der Waals surface area contributed by atoms with Crippen molar-refractivity contribution in [1.82, 2.24) is 10.2 Å². The Hall–Kier alpha value is -1.75. The summed E-state index contributed by atoms with van der Waals surface area (Å²) in [5, 5.41) is 6.41. The van der Waals surface area contributed by atoms with Crippen LogP contribution in [0, 0.1) is 5.92 Å². The minimum absolute atomic E-state index is 0.0518. The Morgan fingerprint density at radius 1 is 1.33 bits per heavy atom. The maximum Gasteiger partial charge on any atom is 0.322 e. The van der Waals surface area contributed by atoms with Crippen molar-refractivity contribution >= 4 is 29.2 Å². The van der Waals surface area contributed by atoms with Gasteiger partial charge in [0.2, 0.25) is 5.91 Å². The monoisotopic (exact) mass is 351 g/mol. The van der Waals surface area contributed by atoms with Crippen LogP contribution in [0.15, 0.2) is 24.3 Å². The number of unbranched alkanes of at least 4 members (excludes halogenated alkanes) is 1. The van der Waals surface area contributed by atoms with Crippen LogP contribution in [0.2, 0.25) is 5.02 Å². The fourth-order valence-corrected chi connectivity index (χ4v) is 3.09. The lowest BCUT2D eigenvalue weighted by Gasteiger charge is -2.37. The Morgan fingerprint density at radius 2 is 2.12 bits per heavy atom. The summed E-state index contributed by atoms with van der Waals surface area (Å²) in [6.07, 6.45) is 3.68. The van der Waals surface area contributed by atoms with Crippen LogP contribution in [0.5, 0.6) is 0 Å². The van der Waals surface area contributed by atoms with E-state index in [-0.39, 0.29) is 23.9 Å². The molecule has 0 spiro atoms. The maximum absolute atomic E-state index is 12.6. The number of hydrogen-bond donors (Lipinski definition) is 2. The lowest BCUT2D eigenvalue weighted by molar-refractivity contribution is -0.126. The lowest BCUT2D eigenvalue weighted by atomic mass is 9.93. The number of urea groups is 1. The number of amides is 3. The molecule has 2 unspecified atom stereocenters. The number of carbonyl (C=O) groups is 2. The van der Waals surface area contributed by atoms with E-state index < -0.39 is 0 Å². The van der Waals surface area contributed by atoms with Gasteiger partial charge in [0, 0.05) is 29.8 Å². The SMILES string of the molecule is CCCCNC(=O)C1CCC(C)N(C(=O)Nc2cccc(Cl)c2)C1. The predicted molar refractivity (Wildman–Crippen MR) is 97.3 cm³/mol. The van der Waals surface area contributed by atoms with Gasteiger partial charge in [0.25, 0.3) is 0 Å². The molecule has 1 aliphatic heterocycles. The van der Waals surface area contributed by atoms with E-state index in [9.17, 15) is 9.59 Å². The molecule has 132 valence electrons. The van der Waals surface area contributed by atoms with Crippen molar-refractivity contribution in [2.24, 2.45) is 5.92 Å². The Bertz CT molecular complexity index is 579. The molecule has 1 aliphatic rings. The first-order chi connectivity index (χ1) is 11.5. The number of carbonyl (C=O) groups excluding carboxylic acids is 2. The smallest absolute Gasteiger partial charge is 0.322 e. The predicted octanol–water partition coefficient (Wildman–Crippen LogP) is 3.89. The van der Waals surface area contributed by atoms with Crippen LogP contribution < -0.4 is 10.6 Å². The molecule has 1 aromatic carbocycles. The Kier molecular flexibility index (Phi) is 6.91. The number of nitrogens with zero attached hydrogens (tertiary/aromatic N) is 1. The van der Waals surface area contributed by atoms with E-state index in [4.69, 9.17) is 11.6 Å². The summed E-state index contributed by atoms with van der Waals surface area (Å²) in [6, 6.07) is 7.00. The molecular formula is C18H26ClN3O2. The van der Waals surface area contributed by atoms with E-state index in [1.54, 1.807) is 29.2 Å². The van der Waals surface area contributed by atoms with Crippen molar-refractivity contribution in [3.05, 3.63) is 29.3 Å². The molecule has 2 atom stereocenters. The maximum atomic E-state index is 12.6. The second-order valence-corrected chi connectivity index (χ2v) is 6.80. The van der Waals surface area contributed by atoms with Gasteiger partial charge in [0.05, 0.1) is 5.92 Å². The third-order valence-electron chi connectivity index (χ3n) is 4.42. The molecule has 24 heavy (non-hydrogen) atoms. The molecule has 1 saturated heterocycles. The van der Waals surface area contributed by atoms with Gasteiger partial charge >= 0.3 is 6.03 Å². The van der Waals surface area contributed by atoms with Crippen LogP contribution >= 0.6 is 11.6 Å². The van der Waals surface area contributed by atoms with Gasteiger partial charge in [0.1, 0.15) is 0 Å². The highest BCUT2D eigenvalue weighted by Crippen LogP contribution is 2.23. The summed E-state index contributed by atoms with van der Waals surface area (Å²) in [5.41, 5.74) is 0.661. The highest BCUT2D eigenvalue weighted by Gasteiger charge is 2.32.